The zero-order valence-corrected chi connectivity index (χ0v) is 19.9. The van der Waals surface area contributed by atoms with Crippen molar-refractivity contribution in [3.63, 3.8) is 0 Å². The van der Waals surface area contributed by atoms with Gasteiger partial charge in [-0.05, 0) is 54.8 Å². The van der Waals surface area contributed by atoms with Crippen LogP contribution in [0, 0.1) is 11.8 Å². The fourth-order valence-electron chi connectivity index (χ4n) is 4.64. The highest BCUT2D eigenvalue weighted by Gasteiger charge is 2.58. The Morgan fingerprint density at radius 2 is 2.03 bits per heavy atom. The number of piperidine rings is 1. The van der Waals surface area contributed by atoms with Crippen LogP contribution in [0.4, 0.5) is 4.79 Å². The van der Waals surface area contributed by atoms with E-state index in [0.717, 1.165) is 4.88 Å². The predicted molar refractivity (Wildman–Crippen MR) is 127 cm³/mol. The molecule has 0 bridgehead atoms. The van der Waals surface area contributed by atoms with Crippen LogP contribution < -0.4 is 5.32 Å². The lowest BCUT2D eigenvalue weighted by Gasteiger charge is -2.40. The number of rotatable bonds is 7. The van der Waals surface area contributed by atoms with E-state index in [1.165, 1.54) is 4.90 Å². The largest absolute Gasteiger partial charge is 0.339 e. The van der Waals surface area contributed by atoms with E-state index in [9.17, 15) is 14.4 Å². The van der Waals surface area contributed by atoms with Crippen molar-refractivity contribution in [2.75, 3.05) is 19.6 Å². The first kappa shape index (κ1) is 23.2. The second-order valence-electron chi connectivity index (χ2n) is 8.94. The second-order valence-corrected chi connectivity index (χ2v) is 9.97. The summed E-state index contributed by atoms with van der Waals surface area (Å²) in [5, 5.41) is 5.02. The molecule has 4 heterocycles. The summed E-state index contributed by atoms with van der Waals surface area (Å²) in [6, 6.07) is 9.05. The third-order valence-electron chi connectivity index (χ3n) is 6.41. The number of nitrogens with one attached hydrogen (secondary N) is 1. The molecule has 0 spiro atoms. The van der Waals surface area contributed by atoms with Crippen molar-refractivity contribution >= 4 is 29.2 Å². The summed E-state index contributed by atoms with van der Waals surface area (Å²) >= 11 is 1.62. The maximum atomic E-state index is 13.8. The van der Waals surface area contributed by atoms with E-state index in [-0.39, 0.29) is 23.8 Å². The Bertz CT molecular complexity index is 1010. The summed E-state index contributed by atoms with van der Waals surface area (Å²) in [4.78, 5) is 48.1. The third kappa shape index (κ3) is 4.71. The molecule has 0 saturated carbocycles. The Kier molecular flexibility index (Phi) is 6.93. The smallest absolute Gasteiger partial charge is 0.325 e. The quantitative estimate of drug-likeness (QED) is 0.499. The lowest BCUT2D eigenvalue weighted by atomic mass is 9.75. The van der Waals surface area contributed by atoms with Gasteiger partial charge in [-0.3, -0.25) is 19.5 Å². The molecular weight excluding hydrogens is 436 g/mol. The van der Waals surface area contributed by atoms with Crippen LogP contribution in [0.1, 0.15) is 37.3 Å². The minimum atomic E-state index is -1.20. The number of amides is 4. The van der Waals surface area contributed by atoms with Crippen molar-refractivity contribution in [2.24, 2.45) is 11.8 Å². The zero-order valence-electron chi connectivity index (χ0n) is 19.1. The number of imide groups is 1. The van der Waals surface area contributed by atoms with Gasteiger partial charge in [-0.15, -0.1) is 11.3 Å². The fraction of sp³-hybridized carbons (Fsp3) is 0.440. The number of aromatic nitrogens is 1. The molecule has 2 aliphatic heterocycles. The van der Waals surface area contributed by atoms with E-state index < -0.39 is 5.54 Å². The molecule has 2 aromatic heterocycles. The van der Waals surface area contributed by atoms with Gasteiger partial charge in [0, 0.05) is 36.6 Å². The first-order valence-electron chi connectivity index (χ1n) is 11.5. The Hall–Kier alpha value is -3.00. The molecule has 0 aromatic carbocycles. The van der Waals surface area contributed by atoms with Crippen LogP contribution in [-0.2, 0) is 21.5 Å². The molecule has 7 nitrogen and oxygen atoms in total. The number of nitrogens with zero attached hydrogens (tertiary/aromatic N) is 3. The topological polar surface area (TPSA) is 82.6 Å². The number of urea groups is 1. The van der Waals surface area contributed by atoms with Gasteiger partial charge in [-0.25, -0.2) is 4.79 Å². The van der Waals surface area contributed by atoms with Crippen molar-refractivity contribution in [2.45, 2.75) is 38.6 Å². The normalized spacial score (nSPS) is 21.9. The zero-order chi connectivity index (χ0) is 23.4. The number of allylic oxidation sites excluding steroid dienone is 1. The molecular formula is C25H30N4O3S. The van der Waals surface area contributed by atoms with Gasteiger partial charge in [0.1, 0.15) is 0 Å². The summed E-state index contributed by atoms with van der Waals surface area (Å²) < 4.78 is 0. The Morgan fingerprint density at radius 3 is 2.67 bits per heavy atom. The highest BCUT2D eigenvalue weighted by molar-refractivity contribution is 7.09. The average Bonchev–Trinajstić information content (AvgIpc) is 3.43. The highest BCUT2D eigenvalue weighted by atomic mass is 32.1. The molecule has 1 unspecified atom stereocenters. The molecule has 0 radical (unpaired) electrons. The van der Waals surface area contributed by atoms with Gasteiger partial charge in [0.15, 0.2) is 5.54 Å². The lowest BCUT2D eigenvalue weighted by Crippen LogP contribution is -2.54. The van der Waals surface area contributed by atoms with Gasteiger partial charge in [0.05, 0.1) is 5.69 Å². The number of likely N-dealkylation sites (tertiary alicyclic amines) is 1. The maximum Gasteiger partial charge on any atom is 0.325 e. The summed E-state index contributed by atoms with van der Waals surface area (Å²) in [5.74, 6) is -0.0836. The van der Waals surface area contributed by atoms with Gasteiger partial charge in [-0.2, -0.15) is 0 Å². The van der Waals surface area contributed by atoms with Crippen molar-refractivity contribution < 1.29 is 14.4 Å². The molecule has 2 aliphatic rings. The van der Waals surface area contributed by atoms with E-state index in [0.29, 0.717) is 50.5 Å². The fourth-order valence-corrected chi connectivity index (χ4v) is 5.34. The minimum absolute atomic E-state index is 0.00612. The molecule has 2 fully saturated rings. The standard InChI is InChI=1S/C25H30N4O3S/c1-18(2)8-9-22(30)28-14-10-19(11-15-28)25(21-7-3-4-13-26-21)23(31)29(24(32)27-25)16-12-20-6-5-17-33-20/h3-9,13,17-19H,10-12,14-16H2,1-2H3,(H,27,32). The van der Waals surface area contributed by atoms with Crippen LogP contribution >= 0.6 is 11.3 Å². The van der Waals surface area contributed by atoms with Gasteiger partial charge in [0.25, 0.3) is 5.91 Å². The summed E-state index contributed by atoms with van der Waals surface area (Å²) in [6.45, 7) is 5.48. The number of carbonyl (C=O) groups excluding carboxylic acids is 3. The molecule has 1 atom stereocenters. The van der Waals surface area contributed by atoms with Crippen molar-refractivity contribution in [3.05, 3.63) is 64.6 Å². The summed E-state index contributed by atoms with van der Waals surface area (Å²) in [7, 11) is 0. The molecule has 174 valence electrons. The molecule has 1 N–H and O–H groups in total. The Balaban J connectivity index is 1.55. The van der Waals surface area contributed by atoms with Crippen LogP contribution in [-0.4, -0.2) is 52.3 Å². The SMILES string of the molecule is CC(C)C=CC(=O)N1CCC(C2(c3ccccn3)NC(=O)N(CCc3cccs3)C2=O)CC1. The van der Waals surface area contributed by atoms with E-state index >= 15 is 0 Å². The molecule has 33 heavy (non-hydrogen) atoms. The van der Waals surface area contributed by atoms with Crippen molar-refractivity contribution in [1.82, 2.24) is 20.1 Å². The molecule has 2 aromatic rings. The number of thiophene rings is 1. The summed E-state index contributed by atoms with van der Waals surface area (Å²) in [5.41, 5.74) is -0.636. The van der Waals surface area contributed by atoms with Crippen LogP contribution in [0.15, 0.2) is 54.1 Å². The molecule has 4 amide bonds. The van der Waals surface area contributed by atoms with Gasteiger partial charge in [-0.1, -0.05) is 32.1 Å². The van der Waals surface area contributed by atoms with Crippen molar-refractivity contribution in [3.8, 4) is 0 Å². The Morgan fingerprint density at radius 1 is 1.24 bits per heavy atom. The maximum absolute atomic E-state index is 13.8. The van der Waals surface area contributed by atoms with E-state index in [1.807, 2.05) is 54.5 Å². The van der Waals surface area contributed by atoms with Crippen molar-refractivity contribution in [1.29, 1.82) is 0 Å². The molecule has 0 aliphatic carbocycles. The third-order valence-corrected chi connectivity index (χ3v) is 7.34. The van der Waals surface area contributed by atoms with Gasteiger partial charge < -0.3 is 10.2 Å². The Labute approximate surface area is 198 Å². The lowest BCUT2D eigenvalue weighted by molar-refractivity contribution is -0.135. The molecule has 8 heteroatoms. The number of pyridine rings is 1. The first-order valence-corrected chi connectivity index (χ1v) is 12.3. The summed E-state index contributed by atoms with van der Waals surface area (Å²) in [6.07, 6.45) is 7.04. The van der Waals surface area contributed by atoms with Gasteiger partial charge in [0.2, 0.25) is 5.91 Å². The number of hydrogen-bond acceptors (Lipinski definition) is 5. The van der Waals surface area contributed by atoms with Crippen LogP contribution in [0.3, 0.4) is 0 Å². The van der Waals surface area contributed by atoms with E-state index in [2.05, 4.69) is 10.3 Å². The molecule has 4 rings (SSSR count). The van der Waals surface area contributed by atoms with Crippen LogP contribution in [0.25, 0.3) is 0 Å². The van der Waals surface area contributed by atoms with Gasteiger partial charge >= 0.3 is 6.03 Å². The minimum Gasteiger partial charge on any atom is -0.339 e. The van der Waals surface area contributed by atoms with E-state index in [1.54, 1.807) is 29.7 Å². The average molecular weight is 467 g/mol. The first-order chi connectivity index (χ1) is 15.9. The predicted octanol–water partition coefficient (Wildman–Crippen LogP) is 3.58. The number of carbonyl (C=O) groups is 3. The molecule has 2 saturated heterocycles. The van der Waals surface area contributed by atoms with Crippen LogP contribution in [0.5, 0.6) is 0 Å². The highest BCUT2D eigenvalue weighted by Crippen LogP contribution is 2.40. The van der Waals surface area contributed by atoms with E-state index in [4.69, 9.17) is 0 Å². The second kappa shape index (κ2) is 9.87. The monoisotopic (exact) mass is 466 g/mol. The number of hydrogen-bond donors (Lipinski definition) is 1. The van der Waals surface area contributed by atoms with Crippen LogP contribution in [0.2, 0.25) is 0 Å².